The molecule has 25 heavy (non-hydrogen) atoms. The Hall–Kier alpha value is -0.870. The molecule has 0 spiro atoms. The Morgan fingerprint density at radius 3 is 2.88 bits per heavy atom. The number of carbonyl (C=O) groups is 2. The van der Waals surface area contributed by atoms with Crippen LogP contribution < -0.4 is 21.8 Å². The fourth-order valence-electron chi connectivity index (χ4n) is 4.16. The van der Waals surface area contributed by atoms with Crippen molar-refractivity contribution in [2.45, 2.75) is 69.7 Å². The Morgan fingerprint density at radius 1 is 1.32 bits per heavy atom. The van der Waals surface area contributed by atoms with Gasteiger partial charge in [0.15, 0.2) is 0 Å². The number of nitrogens with zero attached hydrogens (tertiary/aromatic N) is 2. The molecule has 9 heteroatoms. The van der Waals surface area contributed by atoms with E-state index >= 15 is 0 Å². The lowest BCUT2D eigenvalue weighted by Gasteiger charge is -2.36. The number of rotatable bonds is 5. The Kier molecular flexibility index (Phi) is 5.19. The van der Waals surface area contributed by atoms with E-state index in [4.69, 9.17) is 0 Å². The standard InChI is InChI=1S/C16H28N6O2S/c1-10-9-25-16(24)21(10)8-14(23)17-12-4-2-3-11(7-12)15-18-19-20-22(15)13-5-6-13/h10-13,15,18-20H,2-9H2,1H3,(H,17,23). The average molecular weight is 369 g/mol. The van der Waals surface area contributed by atoms with Gasteiger partial charge in [-0.05, 0) is 44.9 Å². The predicted octanol–water partition coefficient (Wildman–Crippen LogP) is 0.537. The number of nitrogens with one attached hydrogen (secondary N) is 4. The maximum Gasteiger partial charge on any atom is 0.282 e. The van der Waals surface area contributed by atoms with E-state index in [1.807, 2.05) is 6.92 Å². The van der Waals surface area contributed by atoms with Crippen LogP contribution in [0, 0.1) is 5.92 Å². The molecular formula is C16H28N6O2S. The maximum atomic E-state index is 12.4. The smallest absolute Gasteiger partial charge is 0.282 e. The van der Waals surface area contributed by atoms with Crippen LogP contribution in [0.15, 0.2) is 0 Å². The number of hydrazine groups is 3. The summed E-state index contributed by atoms with van der Waals surface area (Å²) in [5.41, 5.74) is 9.60. The second kappa shape index (κ2) is 7.40. The van der Waals surface area contributed by atoms with Gasteiger partial charge in [-0.1, -0.05) is 18.2 Å². The molecule has 0 aromatic heterocycles. The fourth-order valence-corrected chi connectivity index (χ4v) is 5.14. The summed E-state index contributed by atoms with van der Waals surface area (Å²) in [5.74, 6) is 1.26. The molecule has 4 fully saturated rings. The molecule has 4 unspecified atom stereocenters. The van der Waals surface area contributed by atoms with Gasteiger partial charge in [-0.25, -0.2) is 10.4 Å². The number of amides is 2. The van der Waals surface area contributed by atoms with E-state index in [0.717, 1.165) is 25.0 Å². The van der Waals surface area contributed by atoms with Crippen molar-refractivity contribution in [3.8, 4) is 0 Å². The van der Waals surface area contributed by atoms with Gasteiger partial charge in [0.2, 0.25) is 5.91 Å². The van der Waals surface area contributed by atoms with Crippen LogP contribution in [-0.4, -0.2) is 57.6 Å². The molecular weight excluding hydrogens is 340 g/mol. The molecule has 4 aliphatic rings. The normalized spacial score (nSPS) is 36.8. The Bertz CT molecular complexity index is 531. The van der Waals surface area contributed by atoms with Crippen molar-refractivity contribution in [2.75, 3.05) is 12.3 Å². The molecule has 4 rings (SSSR count). The van der Waals surface area contributed by atoms with E-state index in [1.165, 1.54) is 31.0 Å². The first-order valence-corrected chi connectivity index (χ1v) is 10.4. The molecule has 0 radical (unpaired) electrons. The van der Waals surface area contributed by atoms with Gasteiger partial charge < -0.3 is 10.2 Å². The van der Waals surface area contributed by atoms with Crippen molar-refractivity contribution in [1.82, 2.24) is 31.7 Å². The lowest BCUT2D eigenvalue weighted by Crippen LogP contribution is -2.51. The molecule has 0 aromatic carbocycles. The summed E-state index contributed by atoms with van der Waals surface area (Å²) in [7, 11) is 0. The highest BCUT2D eigenvalue weighted by Gasteiger charge is 2.42. The van der Waals surface area contributed by atoms with Crippen molar-refractivity contribution in [3.63, 3.8) is 0 Å². The zero-order valence-electron chi connectivity index (χ0n) is 14.7. The third-order valence-corrected chi connectivity index (χ3v) is 6.83. The largest absolute Gasteiger partial charge is 0.352 e. The highest BCUT2D eigenvalue weighted by atomic mass is 32.2. The van der Waals surface area contributed by atoms with Gasteiger partial charge in [-0.2, -0.15) is 11.1 Å². The summed E-state index contributed by atoms with van der Waals surface area (Å²) in [6, 6.07) is 0.979. The van der Waals surface area contributed by atoms with Crippen LogP contribution in [0.4, 0.5) is 4.79 Å². The molecule has 2 aliphatic carbocycles. The molecule has 2 saturated heterocycles. The first-order chi connectivity index (χ1) is 12.1. The van der Waals surface area contributed by atoms with Crippen LogP contribution in [0.5, 0.6) is 0 Å². The van der Waals surface area contributed by atoms with Crippen molar-refractivity contribution >= 4 is 22.9 Å². The highest BCUT2D eigenvalue weighted by molar-refractivity contribution is 8.13. The van der Waals surface area contributed by atoms with Crippen LogP contribution in [0.3, 0.4) is 0 Å². The molecule has 2 aliphatic heterocycles. The van der Waals surface area contributed by atoms with E-state index in [2.05, 4.69) is 26.8 Å². The summed E-state index contributed by atoms with van der Waals surface area (Å²) < 4.78 is 0. The summed E-state index contributed by atoms with van der Waals surface area (Å²) in [6.45, 7) is 2.19. The quantitative estimate of drug-likeness (QED) is 0.563. The molecule has 0 aromatic rings. The third kappa shape index (κ3) is 3.95. The third-order valence-electron chi connectivity index (χ3n) is 5.70. The van der Waals surface area contributed by atoms with Crippen LogP contribution in [0.25, 0.3) is 0 Å². The SMILES string of the molecule is CC1CSC(=O)N1CC(=O)NC1CCCC(C2NNNN2C2CC2)C1. The van der Waals surface area contributed by atoms with Crippen molar-refractivity contribution < 1.29 is 9.59 Å². The van der Waals surface area contributed by atoms with Crippen molar-refractivity contribution in [1.29, 1.82) is 0 Å². The van der Waals surface area contributed by atoms with Gasteiger partial charge in [0.1, 0.15) is 6.54 Å². The summed E-state index contributed by atoms with van der Waals surface area (Å²) in [6.07, 6.45) is 7.09. The van der Waals surface area contributed by atoms with Crippen LogP contribution in [0.1, 0.15) is 45.4 Å². The number of carbonyl (C=O) groups excluding carboxylic acids is 2. The zero-order chi connectivity index (χ0) is 17.4. The number of hydrogen-bond acceptors (Lipinski definition) is 7. The minimum atomic E-state index is -0.0250. The monoisotopic (exact) mass is 368 g/mol. The molecule has 8 nitrogen and oxygen atoms in total. The molecule has 140 valence electrons. The second-order valence-electron chi connectivity index (χ2n) is 7.71. The summed E-state index contributed by atoms with van der Waals surface area (Å²) in [5, 5.41) is 5.50. The molecule has 2 saturated carbocycles. The zero-order valence-corrected chi connectivity index (χ0v) is 15.5. The molecule has 2 amide bonds. The molecule has 4 atom stereocenters. The van der Waals surface area contributed by atoms with Gasteiger partial charge in [0, 0.05) is 23.9 Å². The van der Waals surface area contributed by atoms with E-state index in [-0.39, 0.29) is 35.9 Å². The van der Waals surface area contributed by atoms with E-state index in [1.54, 1.807) is 4.90 Å². The maximum absolute atomic E-state index is 12.4. The fraction of sp³-hybridized carbons (Fsp3) is 0.875. The minimum Gasteiger partial charge on any atom is -0.352 e. The van der Waals surface area contributed by atoms with Crippen molar-refractivity contribution in [3.05, 3.63) is 0 Å². The van der Waals surface area contributed by atoms with Gasteiger partial charge in [-0.15, -0.1) is 0 Å². The summed E-state index contributed by atoms with van der Waals surface area (Å²) in [4.78, 5) is 25.9. The molecule has 0 bridgehead atoms. The lowest BCUT2D eigenvalue weighted by atomic mass is 9.83. The highest BCUT2D eigenvalue weighted by Crippen LogP contribution is 2.34. The average Bonchev–Trinajstić information content (AvgIpc) is 3.25. The molecule has 2 heterocycles. The number of hydrogen-bond donors (Lipinski definition) is 4. The van der Waals surface area contributed by atoms with E-state index < -0.39 is 0 Å². The van der Waals surface area contributed by atoms with Crippen molar-refractivity contribution in [2.24, 2.45) is 5.92 Å². The van der Waals surface area contributed by atoms with E-state index in [9.17, 15) is 9.59 Å². The second-order valence-corrected chi connectivity index (χ2v) is 8.68. The Labute approximate surface area is 152 Å². The van der Waals surface area contributed by atoms with Crippen LogP contribution in [-0.2, 0) is 4.79 Å². The van der Waals surface area contributed by atoms with Gasteiger partial charge >= 0.3 is 0 Å². The summed E-state index contributed by atoms with van der Waals surface area (Å²) >= 11 is 1.31. The Morgan fingerprint density at radius 2 is 2.16 bits per heavy atom. The lowest BCUT2D eigenvalue weighted by molar-refractivity contribution is -0.122. The Balaban J connectivity index is 1.29. The molecule has 4 N–H and O–H groups in total. The van der Waals surface area contributed by atoms with Crippen LogP contribution in [0.2, 0.25) is 0 Å². The van der Waals surface area contributed by atoms with Gasteiger partial charge in [0.05, 0.1) is 6.17 Å². The van der Waals surface area contributed by atoms with E-state index in [0.29, 0.717) is 12.0 Å². The number of thioether (sulfide) groups is 1. The minimum absolute atomic E-state index is 0.0246. The first-order valence-electron chi connectivity index (χ1n) is 9.39. The predicted molar refractivity (Wildman–Crippen MR) is 96.0 cm³/mol. The topological polar surface area (TPSA) is 88.7 Å². The first kappa shape index (κ1) is 17.5. The van der Waals surface area contributed by atoms with Gasteiger partial charge in [0.25, 0.3) is 5.24 Å². The van der Waals surface area contributed by atoms with Crippen LogP contribution >= 0.6 is 11.8 Å². The van der Waals surface area contributed by atoms with Gasteiger partial charge in [-0.3, -0.25) is 9.59 Å².